The van der Waals surface area contributed by atoms with Crippen molar-refractivity contribution in [3.05, 3.63) is 107 Å². The summed E-state index contributed by atoms with van der Waals surface area (Å²) in [7, 11) is 0. The summed E-state index contributed by atoms with van der Waals surface area (Å²) in [6.07, 6.45) is 6.49. The van der Waals surface area contributed by atoms with Crippen molar-refractivity contribution in [3.63, 3.8) is 0 Å². The van der Waals surface area contributed by atoms with E-state index in [0.717, 1.165) is 53.9 Å². The van der Waals surface area contributed by atoms with Crippen molar-refractivity contribution in [2.75, 3.05) is 5.75 Å². The first-order valence-electron chi connectivity index (χ1n) is 13.9. The first kappa shape index (κ1) is 28.0. The van der Waals surface area contributed by atoms with Crippen LogP contribution < -0.4 is 5.32 Å². The number of amides is 2. The lowest BCUT2D eigenvalue weighted by Crippen LogP contribution is -2.53. The van der Waals surface area contributed by atoms with Gasteiger partial charge in [-0.15, -0.1) is 0 Å². The lowest BCUT2D eigenvalue weighted by Gasteiger charge is -2.33. The van der Waals surface area contributed by atoms with Crippen LogP contribution in [0.3, 0.4) is 0 Å². The summed E-state index contributed by atoms with van der Waals surface area (Å²) in [4.78, 5) is 29.5. The number of thioether (sulfide) groups is 1. The first-order valence-corrected chi connectivity index (χ1v) is 15.0. The summed E-state index contributed by atoms with van der Waals surface area (Å²) in [5.41, 5.74) is 4.53. The van der Waals surface area contributed by atoms with Gasteiger partial charge in [0.2, 0.25) is 11.8 Å². The smallest absolute Gasteiger partial charge is 0.243 e. The molecular formula is C33H40N2O2S. The fraction of sp³-hybridized carbons (Fsp3) is 0.394. The van der Waals surface area contributed by atoms with E-state index in [4.69, 9.17) is 0 Å². The number of benzene rings is 3. The minimum atomic E-state index is -0.550. The second-order valence-electron chi connectivity index (χ2n) is 10.3. The van der Waals surface area contributed by atoms with Crippen LogP contribution >= 0.6 is 11.8 Å². The minimum absolute atomic E-state index is 0.0290. The van der Waals surface area contributed by atoms with Crippen LogP contribution in [-0.2, 0) is 28.3 Å². The number of carbonyl (C=O) groups is 2. The molecule has 4 nitrogen and oxygen atoms in total. The number of nitrogens with one attached hydrogen (secondary N) is 1. The first-order chi connectivity index (χ1) is 18.6. The van der Waals surface area contributed by atoms with E-state index in [1.165, 1.54) is 12.0 Å². The molecule has 4 rings (SSSR count). The van der Waals surface area contributed by atoms with Crippen LogP contribution in [0.4, 0.5) is 0 Å². The van der Waals surface area contributed by atoms with Crippen molar-refractivity contribution < 1.29 is 9.59 Å². The molecule has 0 aromatic heterocycles. The number of carbonyl (C=O) groups excluding carboxylic acids is 2. The number of aryl methyl sites for hydroxylation is 1. The quantitative estimate of drug-likeness (QED) is 0.266. The Balaban J connectivity index is 1.52. The van der Waals surface area contributed by atoms with Crippen LogP contribution in [0.15, 0.2) is 84.9 Å². The molecule has 1 N–H and O–H groups in total. The number of rotatable bonds is 12. The van der Waals surface area contributed by atoms with Gasteiger partial charge >= 0.3 is 0 Å². The molecule has 1 atom stereocenters. The fourth-order valence-electron chi connectivity index (χ4n) is 5.17. The van der Waals surface area contributed by atoms with Crippen LogP contribution in [-0.4, -0.2) is 34.6 Å². The number of hydrogen-bond donors (Lipinski definition) is 1. The van der Waals surface area contributed by atoms with Gasteiger partial charge in [0, 0.05) is 36.9 Å². The summed E-state index contributed by atoms with van der Waals surface area (Å²) < 4.78 is 0. The van der Waals surface area contributed by atoms with E-state index in [2.05, 4.69) is 42.6 Å². The molecule has 3 aromatic rings. The van der Waals surface area contributed by atoms with E-state index in [1.807, 2.05) is 59.5 Å². The summed E-state index contributed by atoms with van der Waals surface area (Å²) in [6, 6.07) is 28.3. The van der Waals surface area contributed by atoms with Gasteiger partial charge in [-0.25, -0.2) is 0 Å². The third kappa shape index (κ3) is 8.76. The monoisotopic (exact) mass is 528 g/mol. The van der Waals surface area contributed by atoms with Crippen LogP contribution in [0, 0.1) is 6.92 Å². The third-order valence-electron chi connectivity index (χ3n) is 7.23. The summed E-state index contributed by atoms with van der Waals surface area (Å²) in [5, 5.41) is 3.32. The Bertz CT molecular complexity index is 1150. The van der Waals surface area contributed by atoms with E-state index in [0.29, 0.717) is 19.4 Å². The molecule has 0 radical (unpaired) electrons. The summed E-state index contributed by atoms with van der Waals surface area (Å²) in [5.74, 6) is 1.60. The average molecular weight is 529 g/mol. The molecule has 38 heavy (non-hydrogen) atoms. The normalized spacial score (nSPS) is 14.6. The zero-order chi connectivity index (χ0) is 26.6. The molecule has 1 fully saturated rings. The van der Waals surface area contributed by atoms with E-state index < -0.39 is 6.04 Å². The van der Waals surface area contributed by atoms with Crippen LogP contribution in [0.2, 0.25) is 0 Å². The van der Waals surface area contributed by atoms with Crippen molar-refractivity contribution in [1.29, 1.82) is 0 Å². The molecule has 0 unspecified atom stereocenters. The van der Waals surface area contributed by atoms with Gasteiger partial charge in [-0.2, -0.15) is 11.8 Å². The highest BCUT2D eigenvalue weighted by molar-refractivity contribution is 7.98. The standard InChI is InChI=1S/C33H40N2O2S/c1-26-12-11-17-29(22-26)24-35(32(36)20-21-38-25-28-15-7-3-8-16-28)31(23-27-13-5-2-6-14-27)33(37)34-30-18-9-4-10-19-30/h2-3,5-8,11-17,22,30-31H,4,9-10,18-21,23-25H2,1H3,(H,34,37)/t31-/m1/s1. The Morgan fingerprint density at radius 3 is 2.21 bits per heavy atom. The van der Waals surface area contributed by atoms with Gasteiger partial charge in [-0.3, -0.25) is 9.59 Å². The molecular weight excluding hydrogens is 488 g/mol. The molecule has 1 saturated carbocycles. The predicted octanol–water partition coefficient (Wildman–Crippen LogP) is 6.71. The maximum atomic E-state index is 13.8. The van der Waals surface area contributed by atoms with E-state index in [-0.39, 0.29) is 17.9 Å². The van der Waals surface area contributed by atoms with Gasteiger partial charge in [0.05, 0.1) is 0 Å². The second-order valence-corrected chi connectivity index (χ2v) is 11.5. The highest BCUT2D eigenvalue weighted by Gasteiger charge is 2.31. The highest BCUT2D eigenvalue weighted by Crippen LogP contribution is 2.21. The predicted molar refractivity (Wildman–Crippen MR) is 158 cm³/mol. The van der Waals surface area contributed by atoms with Crippen molar-refractivity contribution in [2.24, 2.45) is 0 Å². The molecule has 0 bridgehead atoms. The average Bonchev–Trinajstić information content (AvgIpc) is 2.94. The van der Waals surface area contributed by atoms with Crippen LogP contribution in [0.25, 0.3) is 0 Å². The summed E-state index contributed by atoms with van der Waals surface area (Å²) >= 11 is 1.77. The van der Waals surface area contributed by atoms with E-state index in [9.17, 15) is 9.59 Å². The molecule has 0 saturated heterocycles. The maximum Gasteiger partial charge on any atom is 0.243 e. The maximum absolute atomic E-state index is 13.8. The number of hydrogen-bond acceptors (Lipinski definition) is 3. The Kier molecular flexibility index (Phi) is 10.9. The topological polar surface area (TPSA) is 49.4 Å². The van der Waals surface area contributed by atoms with Crippen LogP contribution in [0.5, 0.6) is 0 Å². The minimum Gasteiger partial charge on any atom is -0.352 e. The second kappa shape index (κ2) is 14.8. The molecule has 3 aromatic carbocycles. The lowest BCUT2D eigenvalue weighted by molar-refractivity contribution is -0.141. The molecule has 0 spiro atoms. The molecule has 1 aliphatic carbocycles. The van der Waals surface area contributed by atoms with Crippen molar-refractivity contribution in [2.45, 2.75) is 76.3 Å². The lowest BCUT2D eigenvalue weighted by atomic mass is 9.94. The largest absolute Gasteiger partial charge is 0.352 e. The summed E-state index contributed by atoms with van der Waals surface area (Å²) in [6.45, 7) is 2.49. The van der Waals surface area contributed by atoms with Gasteiger partial charge < -0.3 is 10.2 Å². The SMILES string of the molecule is Cc1cccc(CN(C(=O)CCSCc2ccccc2)[C@H](Cc2ccccc2)C(=O)NC2CCCCC2)c1. The molecule has 0 heterocycles. The van der Waals surface area contributed by atoms with Crippen molar-refractivity contribution in [3.8, 4) is 0 Å². The Morgan fingerprint density at radius 2 is 1.53 bits per heavy atom. The van der Waals surface area contributed by atoms with Crippen LogP contribution in [0.1, 0.15) is 60.8 Å². The number of nitrogens with zero attached hydrogens (tertiary/aromatic N) is 1. The van der Waals surface area contributed by atoms with Crippen molar-refractivity contribution >= 4 is 23.6 Å². The third-order valence-corrected chi connectivity index (χ3v) is 8.26. The van der Waals surface area contributed by atoms with E-state index in [1.54, 1.807) is 11.8 Å². The van der Waals surface area contributed by atoms with Gasteiger partial charge in [0.15, 0.2) is 0 Å². The molecule has 2 amide bonds. The molecule has 1 aliphatic rings. The van der Waals surface area contributed by atoms with Gasteiger partial charge in [-0.1, -0.05) is 110 Å². The fourth-order valence-corrected chi connectivity index (χ4v) is 6.06. The van der Waals surface area contributed by atoms with E-state index >= 15 is 0 Å². The zero-order valence-corrected chi connectivity index (χ0v) is 23.3. The molecule has 0 aliphatic heterocycles. The Hall–Kier alpha value is -3.05. The Morgan fingerprint density at radius 1 is 0.868 bits per heavy atom. The van der Waals surface area contributed by atoms with Gasteiger partial charge in [-0.05, 0) is 36.5 Å². The molecule has 200 valence electrons. The van der Waals surface area contributed by atoms with Gasteiger partial charge in [0.1, 0.15) is 6.04 Å². The zero-order valence-electron chi connectivity index (χ0n) is 22.5. The van der Waals surface area contributed by atoms with Crippen molar-refractivity contribution in [1.82, 2.24) is 10.2 Å². The Labute approximate surface area is 232 Å². The highest BCUT2D eigenvalue weighted by atomic mass is 32.2. The van der Waals surface area contributed by atoms with Gasteiger partial charge in [0.25, 0.3) is 0 Å². The molecule has 5 heteroatoms.